The molecule has 5 aliphatic carbocycles. The molecule has 3 N–H and O–H groups in total. The maximum atomic E-state index is 12.8. The first kappa shape index (κ1) is 25.3. The van der Waals surface area contributed by atoms with Gasteiger partial charge in [0, 0.05) is 0 Å². The minimum absolute atomic E-state index is 0.0441. The summed E-state index contributed by atoms with van der Waals surface area (Å²) in [4.78, 5) is 25.0. The summed E-state index contributed by atoms with van der Waals surface area (Å²) in [7, 11) is 0. The highest BCUT2D eigenvalue weighted by molar-refractivity contribution is 5.79. The van der Waals surface area contributed by atoms with Gasteiger partial charge in [-0.05, 0) is 111 Å². The number of carboxylic acids is 2. The molecule has 4 saturated carbocycles. The third kappa shape index (κ3) is 2.97. The summed E-state index contributed by atoms with van der Waals surface area (Å²) in [6.07, 6.45) is 9.97. The highest BCUT2D eigenvalue weighted by Crippen LogP contribution is 2.75. The van der Waals surface area contributed by atoms with Crippen LogP contribution in [0.1, 0.15) is 106 Å². The molecule has 9 atom stereocenters. The van der Waals surface area contributed by atoms with Crippen LogP contribution in [0.15, 0.2) is 11.6 Å². The summed E-state index contributed by atoms with van der Waals surface area (Å²) >= 11 is 0. The predicted molar refractivity (Wildman–Crippen MR) is 135 cm³/mol. The average molecular weight is 487 g/mol. The van der Waals surface area contributed by atoms with Crippen LogP contribution in [0.5, 0.6) is 0 Å². The first-order valence-corrected chi connectivity index (χ1v) is 13.9. The van der Waals surface area contributed by atoms with E-state index in [2.05, 4.69) is 40.7 Å². The SMILES string of the molecule is CC1(C)[C@H](O)CC[C@]2(C)[C@H]3CC=C4[C@@H]5C[C@](C)(C(=O)O)CC[C@]5(C(=O)O)CC[C@@]4(C)[C@]3(C)CC[C@@H]12. The third-order valence-electron chi connectivity index (χ3n) is 13.3. The fraction of sp³-hybridized carbons (Fsp3) is 0.867. The number of aliphatic carboxylic acids is 2. The van der Waals surface area contributed by atoms with Crippen LogP contribution in [0, 0.1) is 50.2 Å². The zero-order valence-electron chi connectivity index (χ0n) is 22.6. The molecule has 0 heterocycles. The van der Waals surface area contributed by atoms with Gasteiger partial charge in [0.15, 0.2) is 0 Å². The topological polar surface area (TPSA) is 94.8 Å². The van der Waals surface area contributed by atoms with Gasteiger partial charge in [0.2, 0.25) is 0 Å². The van der Waals surface area contributed by atoms with Crippen molar-refractivity contribution in [3.63, 3.8) is 0 Å². The Morgan fingerprint density at radius 2 is 1.49 bits per heavy atom. The van der Waals surface area contributed by atoms with Gasteiger partial charge >= 0.3 is 11.9 Å². The second-order valence-corrected chi connectivity index (χ2v) is 14.8. The summed E-state index contributed by atoms with van der Waals surface area (Å²) in [6, 6.07) is 0. The number of hydrogen-bond donors (Lipinski definition) is 3. The number of rotatable bonds is 2. The fourth-order valence-corrected chi connectivity index (χ4v) is 10.6. The van der Waals surface area contributed by atoms with E-state index in [0.717, 1.165) is 38.5 Å². The Hall–Kier alpha value is -1.36. The molecule has 5 aliphatic rings. The number of fused-ring (bicyclic) bond motifs is 7. The number of hydrogen-bond acceptors (Lipinski definition) is 3. The molecule has 4 fully saturated rings. The molecule has 0 aromatic rings. The van der Waals surface area contributed by atoms with E-state index in [9.17, 15) is 24.9 Å². The van der Waals surface area contributed by atoms with Gasteiger partial charge in [-0.3, -0.25) is 9.59 Å². The van der Waals surface area contributed by atoms with E-state index in [1.807, 2.05) is 6.92 Å². The van der Waals surface area contributed by atoms with E-state index in [4.69, 9.17) is 0 Å². The second kappa shape index (κ2) is 7.36. The van der Waals surface area contributed by atoms with Gasteiger partial charge in [-0.25, -0.2) is 0 Å². The monoisotopic (exact) mass is 486 g/mol. The van der Waals surface area contributed by atoms with Gasteiger partial charge in [-0.1, -0.05) is 46.3 Å². The molecule has 0 amide bonds. The summed E-state index contributed by atoms with van der Waals surface area (Å²) in [6.45, 7) is 13.7. The molecule has 5 nitrogen and oxygen atoms in total. The molecule has 35 heavy (non-hydrogen) atoms. The Morgan fingerprint density at radius 3 is 2.11 bits per heavy atom. The van der Waals surface area contributed by atoms with E-state index < -0.39 is 22.8 Å². The van der Waals surface area contributed by atoms with Crippen molar-refractivity contribution < 1.29 is 24.9 Å². The van der Waals surface area contributed by atoms with Crippen LogP contribution in [0.25, 0.3) is 0 Å². The van der Waals surface area contributed by atoms with E-state index in [1.54, 1.807) is 0 Å². The first-order valence-electron chi connectivity index (χ1n) is 13.9. The van der Waals surface area contributed by atoms with Crippen molar-refractivity contribution in [2.45, 2.75) is 112 Å². The van der Waals surface area contributed by atoms with E-state index in [-0.39, 0.29) is 33.7 Å². The molecule has 0 radical (unpaired) electrons. The fourth-order valence-electron chi connectivity index (χ4n) is 10.6. The van der Waals surface area contributed by atoms with Crippen LogP contribution < -0.4 is 0 Å². The van der Waals surface area contributed by atoms with Gasteiger partial charge < -0.3 is 15.3 Å². The molecule has 5 heteroatoms. The van der Waals surface area contributed by atoms with Crippen molar-refractivity contribution in [3.05, 3.63) is 11.6 Å². The number of aliphatic hydroxyl groups is 1. The van der Waals surface area contributed by atoms with Crippen molar-refractivity contribution in [1.82, 2.24) is 0 Å². The minimum Gasteiger partial charge on any atom is -0.481 e. The molecule has 0 aliphatic heterocycles. The Morgan fingerprint density at radius 1 is 0.829 bits per heavy atom. The molecule has 0 aromatic carbocycles. The van der Waals surface area contributed by atoms with Gasteiger partial charge in [0.1, 0.15) is 0 Å². The summed E-state index contributed by atoms with van der Waals surface area (Å²) in [5, 5.41) is 31.4. The lowest BCUT2D eigenvalue weighted by Gasteiger charge is -2.71. The Bertz CT molecular complexity index is 983. The maximum Gasteiger partial charge on any atom is 0.310 e. The molecular weight excluding hydrogens is 440 g/mol. The Balaban J connectivity index is 1.60. The van der Waals surface area contributed by atoms with Crippen molar-refractivity contribution in [1.29, 1.82) is 0 Å². The lowest BCUT2D eigenvalue weighted by Crippen LogP contribution is -2.65. The Kier molecular flexibility index (Phi) is 5.32. The Labute approximate surface area is 210 Å². The lowest BCUT2D eigenvalue weighted by atomic mass is 9.33. The van der Waals surface area contributed by atoms with Crippen LogP contribution in [0.3, 0.4) is 0 Å². The number of allylic oxidation sites excluding steroid dienone is 2. The summed E-state index contributed by atoms with van der Waals surface area (Å²) in [5.74, 6) is -0.770. The minimum atomic E-state index is -0.867. The van der Waals surface area contributed by atoms with Gasteiger partial charge in [0.25, 0.3) is 0 Å². The van der Waals surface area contributed by atoms with Crippen LogP contribution in [-0.4, -0.2) is 33.4 Å². The molecular formula is C30H46O5. The molecule has 0 spiro atoms. The maximum absolute atomic E-state index is 12.8. The summed E-state index contributed by atoms with van der Waals surface area (Å²) < 4.78 is 0. The van der Waals surface area contributed by atoms with Crippen molar-refractivity contribution in [3.8, 4) is 0 Å². The largest absolute Gasteiger partial charge is 0.481 e. The van der Waals surface area contributed by atoms with Crippen LogP contribution >= 0.6 is 0 Å². The third-order valence-corrected chi connectivity index (χ3v) is 13.3. The zero-order chi connectivity index (χ0) is 25.8. The molecule has 5 rings (SSSR count). The highest BCUT2D eigenvalue weighted by atomic mass is 16.4. The van der Waals surface area contributed by atoms with Crippen LogP contribution in [0.4, 0.5) is 0 Å². The number of carboxylic acid groups (broad SMARTS) is 2. The normalized spacial score (nSPS) is 52.7. The van der Waals surface area contributed by atoms with Crippen LogP contribution in [-0.2, 0) is 9.59 Å². The average Bonchev–Trinajstić information content (AvgIpc) is 2.77. The number of carbonyl (C=O) groups is 2. The van der Waals surface area contributed by atoms with E-state index in [1.165, 1.54) is 5.57 Å². The van der Waals surface area contributed by atoms with Crippen molar-refractivity contribution >= 4 is 11.9 Å². The predicted octanol–water partition coefficient (Wildman–Crippen LogP) is 6.30. The second-order valence-electron chi connectivity index (χ2n) is 14.8. The smallest absolute Gasteiger partial charge is 0.310 e. The van der Waals surface area contributed by atoms with Crippen LogP contribution in [0.2, 0.25) is 0 Å². The van der Waals surface area contributed by atoms with Gasteiger partial charge in [-0.15, -0.1) is 0 Å². The molecule has 0 saturated heterocycles. The van der Waals surface area contributed by atoms with Crippen molar-refractivity contribution in [2.75, 3.05) is 0 Å². The standard InChI is InChI=1S/C30H46O5/c1-25(2)20-9-12-29(6)21(27(20,4)11-10-22(25)31)8-7-18-19-17-26(3,23(32)33)13-15-30(19,24(34)35)16-14-28(18,29)5/h7,19-22,31H,8-17H2,1-6H3,(H,32,33)(H,34,35)/t19-,20-,21+,22+,26+,27-,28+,29+,30-/m0/s1. The summed E-state index contributed by atoms with van der Waals surface area (Å²) in [5.41, 5.74) is -0.474. The van der Waals surface area contributed by atoms with E-state index in [0.29, 0.717) is 37.5 Å². The number of aliphatic hydroxyl groups excluding tert-OH is 1. The molecule has 196 valence electrons. The molecule has 0 aromatic heterocycles. The molecule has 0 unspecified atom stereocenters. The quantitative estimate of drug-likeness (QED) is 0.398. The highest BCUT2D eigenvalue weighted by Gasteiger charge is 2.69. The van der Waals surface area contributed by atoms with Crippen molar-refractivity contribution in [2.24, 2.45) is 50.2 Å². The van der Waals surface area contributed by atoms with E-state index >= 15 is 0 Å². The van der Waals surface area contributed by atoms with Gasteiger partial charge in [-0.2, -0.15) is 0 Å². The first-order chi connectivity index (χ1) is 16.1. The zero-order valence-corrected chi connectivity index (χ0v) is 22.6. The lowest BCUT2D eigenvalue weighted by molar-refractivity contribution is -0.206. The van der Waals surface area contributed by atoms with Gasteiger partial charge in [0.05, 0.1) is 16.9 Å². The molecule has 0 bridgehead atoms.